The van der Waals surface area contributed by atoms with Gasteiger partial charge in [0.25, 0.3) is 0 Å². The fourth-order valence-electron chi connectivity index (χ4n) is 2.97. The van der Waals surface area contributed by atoms with Gasteiger partial charge >= 0.3 is 5.97 Å². The van der Waals surface area contributed by atoms with Crippen LogP contribution >= 0.6 is 11.8 Å². The lowest BCUT2D eigenvalue weighted by molar-refractivity contribution is -0.144. The first kappa shape index (κ1) is 23.1. The van der Waals surface area contributed by atoms with Gasteiger partial charge in [-0.15, -0.1) is 0 Å². The van der Waals surface area contributed by atoms with Gasteiger partial charge in [0.1, 0.15) is 16.8 Å². The van der Waals surface area contributed by atoms with Gasteiger partial charge in [-0.2, -0.15) is 5.26 Å². The summed E-state index contributed by atoms with van der Waals surface area (Å²) in [6.07, 6.45) is 0. The van der Waals surface area contributed by atoms with Crippen LogP contribution < -0.4 is 4.74 Å². The summed E-state index contributed by atoms with van der Waals surface area (Å²) >= 11 is 0.853. The number of hydrogen-bond donors (Lipinski definition) is 0. The summed E-state index contributed by atoms with van der Waals surface area (Å²) in [4.78, 5) is 41.0. The maximum atomic E-state index is 12.4. The lowest BCUT2D eigenvalue weighted by atomic mass is 9.93. The fourth-order valence-corrected chi connectivity index (χ4v) is 3.98. The minimum absolute atomic E-state index is 0.122. The average molecular weight is 426 g/mol. The Bertz CT molecular complexity index is 1030. The van der Waals surface area contributed by atoms with Crippen molar-refractivity contribution < 1.29 is 23.9 Å². The van der Waals surface area contributed by atoms with Crippen LogP contribution in [-0.4, -0.2) is 41.5 Å². The molecule has 30 heavy (non-hydrogen) atoms. The second-order valence-electron chi connectivity index (χ2n) is 6.38. The van der Waals surface area contributed by atoms with Crippen LogP contribution in [0.1, 0.15) is 42.4 Å². The number of methoxy groups -OCH3 is 1. The molecular weight excluding hydrogens is 404 g/mol. The van der Waals surface area contributed by atoms with E-state index in [1.54, 1.807) is 45.2 Å². The number of aryl methyl sites for hydroxylation is 1. The molecule has 0 radical (unpaired) electrons. The summed E-state index contributed by atoms with van der Waals surface area (Å²) in [5.41, 5.74) is 1.88. The number of ether oxygens (including phenoxy) is 2. The molecule has 2 rings (SSSR count). The smallest absolute Gasteiger partial charge is 0.327 e. The van der Waals surface area contributed by atoms with E-state index in [9.17, 15) is 19.6 Å². The van der Waals surface area contributed by atoms with Crippen molar-refractivity contribution in [1.82, 2.24) is 4.98 Å². The molecule has 7 nitrogen and oxygen atoms in total. The molecule has 0 fully saturated rings. The molecule has 0 N–H and O–H groups in total. The number of thioether (sulfide) groups is 1. The highest BCUT2D eigenvalue weighted by Crippen LogP contribution is 2.37. The van der Waals surface area contributed by atoms with E-state index in [1.165, 1.54) is 13.8 Å². The highest BCUT2D eigenvalue weighted by molar-refractivity contribution is 8.01. The molecule has 0 amide bonds. The Morgan fingerprint density at radius 3 is 2.30 bits per heavy atom. The third-order valence-corrected chi connectivity index (χ3v) is 5.57. The third-order valence-electron chi connectivity index (χ3n) is 4.29. The predicted octanol–water partition coefficient (Wildman–Crippen LogP) is 3.75. The van der Waals surface area contributed by atoms with Crippen LogP contribution in [0.3, 0.4) is 0 Å². The van der Waals surface area contributed by atoms with Gasteiger partial charge in [-0.05, 0) is 45.4 Å². The lowest BCUT2D eigenvalue weighted by Crippen LogP contribution is -2.27. The van der Waals surface area contributed by atoms with Crippen LogP contribution in [0.25, 0.3) is 11.1 Å². The molecular formula is C22H22N2O5S. The number of aromatic nitrogens is 1. The fraction of sp³-hybridized carbons (Fsp3) is 0.318. The summed E-state index contributed by atoms with van der Waals surface area (Å²) in [5.74, 6) is -0.725. The molecule has 8 heteroatoms. The van der Waals surface area contributed by atoms with Crippen molar-refractivity contribution in [1.29, 1.82) is 5.26 Å². The van der Waals surface area contributed by atoms with Crippen LogP contribution in [0.4, 0.5) is 0 Å². The van der Waals surface area contributed by atoms with Crippen LogP contribution in [0.2, 0.25) is 0 Å². The molecule has 0 saturated heterocycles. The van der Waals surface area contributed by atoms with E-state index >= 15 is 0 Å². The molecule has 0 aliphatic rings. The average Bonchev–Trinajstić information content (AvgIpc) is 2.71. The summed E-state index contributed by atoms with van der Waals surface area (Å²) < 4.78 is 10.2. The normalized spacial score (nSPS) is 11.3. The van der Waals surface area contributed by atoms with E-state index in [0.717, 1.165) is 11.8 Å². The number of nitrogens with zero attached hydrogens (tertiary/aromatic N) is 2. The number of ketones is 2. The highest BCUT2D eigenvalue weighted by Gasteiger charge is 2.30. The molecule has 1 atom stereocenters. The van der Waals surface area contributed by atoms with Crippen LogP contribution in [0.15, 0.2) is 29.3 Å². The zero-order valence-corrected chi connectivity index (χ0v) is 18.3. The van der Waals surface area contributed by atoms with Crippen molar-refractivity contribution in [2.75, 3.05) is 13.7 Å². The zero-order chi connectivity index (χ0) is 22.4. The van der Waals surface area contributed by atoms with Gasteiger partial charge in [-0.25, -0.2) is 4.98 Å². The topological polar surface area (TPSA) is 106 Å². The molecule has 0 saturated carbocycles. The van der Waals surface area contributed by atoms with E-state index < -0.39 is 17.0 Å². The van der Waals surface area contributed by atoms with Crippen molar-refractivity contribution in [3.8, 4) is 22.9 Å². The molecule has 1 unspecified atom stereocenters. The number of carbonyl (C=O) groups excluding carboxylic acids is 3. The number of benzene rings is 1. The van der Waals surface area contributed by atoms with E-state index in [0.29, 0.717) is 28.1 Å². The maximum Gasteiger partial charge on any atom is 0.327 e. The van der Waals surface area contributed by atoms with Gasteiger partial charge in [0.2, 0.25) is 0 Å². The number of Topliss-reactive ketones (excluding diaryl/α,β-unsaturated/α-hetero) is 2. The molecule has 0 spiro atoms. The van der Waals surface area contributed by atoms with Gasteiger partial charge < -0.3 is 9.47 Å². The number of esters is 1. The van der Waals surface area contributed by atoms with Crippen molar-refractivity contribution >= 4 is 29.3 Å². The number of rotatable bonds is 8. The van der Waals surface area contributed by atoms with Crippen molar-refractivity contribution in [3.05, 3.63) is 41.1 Å². The standard InChI is InChI=1S/C22H22N2O5S/c1-6-29-22(27)20(14(4)26)30-21-17(11-23)19(18(13(3)25)12(2)24-21)15-7-9-16(28-5)10-8-15/h7-10,20H,6H2,1-5H3. The van der Waals surface area contributed by atoms with Crippen molar-refractivity contribution in [2.45, 2.75) is 38.0 Å². The largest absolute Gasteiger partial charge is 0.497 e. The zero-order valence-electron chi connectivity index (χ0n) is 17.4. The van der Waals surface area contributed by atoms with E-state index in [1.807, 2.05) is 0 Å². The summed E-state index contributed by atoms with van der Waals surface area (Å²) in [6.45, 7) is 6.11. The van der Waals surface area contributed by atoms with Gasteiger partial charge in [-0.3, -0.25) is 14.4 Å². The number of pyridine rings is 1. The number of hydrogen-bond acceptors (Lipinski definition) is 8. The maximum absolute atomic E-state index is 12.4. The molecule has 2 aromatic rings. The molecule has 1 heterocycles. The monoisotopic (exact) mass is 426 g/mol. The van der Waals surface area contributed by atoms with E-state index in [2.05, 4.69) is 11.1 Å². The van der Waals surface area contributed by atoms with Gasteiger partial charge in [0.05, 0.1) is 25.0 Å². The van der Waals surface area contributed by atoms with Gasteiger partial charge in [-0.1, -0.05) is 23.9 Å². The summed E-state index contributed by atoms with van der Waals surface area (Å²) in [6, 6.07) is 9.02. The summed E-state index contributed by atoms with van der Waals surface area (Å²) in [5, 5.41) is 8.95. The highest BCUT2D eigenvalue weighted by atomic mass is 32.2. The number of nitriles is 1. The first-order valence-corrected chi connectivity index (χ1v) is 10.1. The van der Waals surface area contributed by atoms with Crippen LogP contribution in [-0.2, 0) is 14.3 Å². The third kappa shape index (κ3) is 4.86. The van der Waals surface area contributed by atoms with Crippen molar-refractivity contribution in [3.63, 3.8) is 0 Å². The van der Waals surface area contributed by atoms with Gasteiger partial charge in [0, 0.05) is 11.1 Å². The van der Waals surface area contributed by atoms with E-state index in [4.69, 9.17) is 9.47 Å². The second-order valence-corrected chi connectivity index (χ2v) is 7.48. The first-order chi connectivity index (χ1) is 14.2. The number of carbonyl (C=O) groups is 3. The lowest BCUT2D eigenvalue weighted by Gasteiger charge is -2.18. The van der Waals surface area contributed by atoms with Crippen LogP contribution in [0.5, 0.6) is 5.75 Å². The van der Waals surface area contributed by atoms with Crippen molar-refractivity contribution in [2.24, 2.45) is 0 Å². The Kier molecular flexibility index (Phi) is 7.72. The second kappa shape index (κ2) is 10.0. The quantitative estimate of drug-likeness (QED) is 0.272. The minimum Gasteiger partial charge on any atom is -0.497 e. The SMILES string of the molecule is CCOC(=O)C(Sc1nc(C)c(C(C)=O)c(-c2ccc(OC)cc2)c1C#N)C(C)=O. The summed E-state index contributed by atoms with van der Waals surface area (Å²) in [7, 11) is 1.54. The molecule has 1 aromatic heterocycles. The Labute approximate surface area is 179 Å². The van der Waals surface area contributed by atoms with Gasteiger partial charge in [0.15, 0.2) is 16.8 Å². The Morgan fingerprint density at radius 1 is 1.20 bits per heavy atom. The predicted molar refractivity (Wildman–Crippen MR) is 113 cm³/mol. The molecule has 0 bridgehead atoms. The first-order valence-electron chi connectivity index (χ1n) is 9.18. The molecule has 1 aromatic carbocycles. The molecule has 0 aliphatic carbocycles. The van der Waals surface area contributed by atoms with E-state index in [-0.39, 0.29) is 23.0 Å². The Hall–Kier alpha value is -3.18. The Morgan fingerprint density at radius 2 is 1.83 bits per heavy atom. The van der Waals surface area contributed by atoms with Crippen LogP contribution in [0, 0.1) is 18.3 Å². The minimum atomic E-state index is -1.16. The Balaban J connectivity index is 2.72. The molecule has 0 aliphatic heterocycles. The molecule has 156 valence electrons.